The molecular weight excluding hydrogens is 224 g/mol. The molecule has 106 valence electrons. The summed E-state index contributed by atoms with van der Waals surface area (Å²) in [6.45, 7) is 14.5. The van der Waals surface area contributed by atoms with Crippen LogP contribution in [-0.2, 0) is 4.79 Å². The van der Waals surface area contributed by atoms with Crippen LogP contribution in [0.4, 0.5) is 0 Å². The summed E-state index contributed by atoms with van der Waals surface area (Å²) in [7, 11) is 0. The van der Waals surface area contributed by atoms with Gasteiger partial charge < -0.3 is 5.11 Å². The summed E-state index contributed by atoms with van der Waals surface area (Å²) in [6, 6.07) is 0. The Labute approximate surface area is 112 Å². The van der Waals surface area contributed by atoms with Gasteiger partial charge in [0.15, 0.2) is 0 Å². The Hall–Kier alpha value is -0.790. The Kier molecular flexibility index (Phi) is 6.12. The lowest BCUT2D eigenvalue weighted by Gasteiger charge is -2.36. The van der Waals surface area contributed by atoms with Gasteiger partial charge in [0.25, 0.3) is 0 Å². The van der Waals surface area contributed by atoms with E-state index in [0.717, 1.165) is 6.42 Å². The maximum absolute atomic E-state index is 11.2. The predicted molar refractivity (Wildman–Crippen MR) is 77.6 cm³/mol. The lowest BCUT2D eigenvalue weighted by atomic mass is 9.68. The van der Waals surface area contributed by atoms with Gasteiger partial charge in [0.05, 0.1) is 5.41 Å². The van der Waals surface area contributed by atoms with E-state index in [-0.39, 0.29) is 5.41 Å². The van der Waals surface area contributed by atoms with Gasteiger partial charge in [0.2, 0.25) is 0 Å². The van der Waals surface area contributed by atoms with Crippen molar-refractivity contribution in [2.45, 2.75) is 61.3 Å². The Morgan fingerprint density at radius 1 is 1.17 bits per heavy atom. The van der Waals surface area contributed by atoms with Crippen molar-refractivity contribution in [2.24, 2.45) is 22.7 Å². The fourth-order valence-electron chi connectivity index (χ4n) is 2.19. The Balaban J connectivity index is 4.62. The second-order valence-corrected chi connectivity index (χ2v) is 7.20. The number of allylic oxidation sites excluding steroid dienone is 2. The number of hydrogen-bond donors (Lipinski definition) is 1. The van der Waals surface area contributed by atoms with E-state index in [1.54, 1.807) is 0 Å². The van der Waals surface area contributed by atoms with E-state index < -0.39 is 11.4 Å². The van der Waals surface area contributed by atoms with Crippen molar-refractivity contribution in [2.75, 3.05) is 0 Å². The van der Waals surface area contributed by atoms with Crippen molar-refractivity contribution in [3.8, 4) is 0 Å². The highest BCUT2D eigenvalue weighted by molar-refractivity contribution is 5.73. The summed E-state index contributed by atoms with van der Waals surface area (Å²) in [5.41, 5.74) is -0.668. The SMILES string of the molecule is CC(C)C/C=C\C(C)C(C)(C)CC(C)(C)C(=O)O. The van der Waals surface area contributed by atoms with E-state index in [0.29, 0.717) is 18.3 Å². The summed E-state index contributed by atoms with van der Waals surface area (Å²) >= 11 is 0. The molecule has 0 fully saturated rings. The van der Waals surface area contributed by atoms with Gasteiger partial charge in [-0.15, -0.1) is 0 Å². The number of aliphatic carboxylic acids is 1. The van der Waals surface area contributed by atoms with E-state index in [4.69, 9.17) is 0 Å². The monoisotopic (exact) mass is 254 g/mol. The van der Waals surface area contributed by atoms with E-state index in [2.05, 4.69) is 46.8 Å². The van der Waals surface area contributed by atoms with E-state index in [1.807, 2.05) is 13.8 Å². The van der Waals surface area contributed by atoms with Crippen molar-refractivity contribution in [3.63, 3.8) is 0 Å². The highest BCUT2D eigenvalue weighted by Crippen LogP contribution is 2.40. The van der Waals surface area contributed by atoms with Crippen LogP contribution in [0.25, 0.3) is 0 Å². The molecule has 0 amide bonds. The molecule has 1 atom stereocenters. The van der Waals surface area contributed by atoms with Crippen LogP contribution in [0.1, 0.15) is 61.3 Å². The summed E-state index contributed by atoms with van der Waals surface area (Å²) in [4.78, 5) is 11.2. The molecule has 0 rings (SSSR count). The molecule has 2 nitrogen and oxygen atoms in total. The van der Waals surface area contributed by atoms with Gasteiger partial charge in [0.1, 0.15) is 0 Å². The smallest absolute Gasteiger partial charge is 0.309 e. The van der Waals surface area contributed by atoms with Crippen LogP contribution in [0.3, 0.4) is 0 Å². The fourth-order valence-corrected chi connectivity index (χ4v) is 2.19. The lowest BCUT2D eigenvalue weighted by molar-refractivity contribution is -0.149. The van der Waals surface area contributed by atoms with Crippen molar-refractivity contribution < 1.29 is 9.90 Å². The van der Waals surface area contributed by atoms with Gasteiger partial charge in [-0.25, -0.2) is 0 Å². The van der Waals surface area contributed by atoms with Crippen molar-refractivity contribution in [1.29, 1.82) is 0 Å². The first-order chi connectivity index (χ1) is 7.99. The third-order valence-corrected chi connectivity index (χ3v) is 3.74. The van der Waals surface area contributed by atoms with Crippen molar-refractivity contribution in [1.82, 2.24) is 0 Å². The van der Waals surface area contributed by atoms with Gasteiger partial charge in [-0.3, -0.25) is 4.79 Å². The zero-order valence-electron chi connectivity index (χ0n) is 13.1. The Bertz CT molecular complexity index is 298. The minimum Gasteiger partial charge on any atom is -0.481 e. The average molecular weight is 254 g/mol. The molecule has 0 radical (unpaired) electrons. The molecule has 1 unspecified atom stereocenters. The largest absolute Gasteiger partial charge is 0.481 e. The van der Waals surface area contributed by atoms with Gasteiger partial charge in [-0.2, -0.15) is 0 Å². The molecule has 2 heteroatoms. The summed E-state index contributed by atoms with van der Waals surface area (Å²) < 4.78 is 0. The molecule has 0 aromatic heterocycles. The van der Waals surface area contributed by atoms with Crippen LogP contribution in [-0.4, -0.2) is 11.1 Å². The Morgan fingerprint density at radius 3 is 2.06 bits per heavy atom. The van der Waals surface area contributed by atoms with Gasteiger partial charge in [-0.1, -0.05) is 46.8 Å². The molecule has 0 heterocycles. The second kappa shape index (κ2) is 6.40. The molecule has 1 N–H and O–H groups in total. The molecular formula is C16H30O2. The zero-order chi connectivity index (χ0) is 14.6. The molecule has 0 saturated carbocycles. The zero-order valence-corrected chi connectivity index (χ0v) is 13.1. The minimum absolute atomic E-state index is 0.00459. The topological polar surface area (TPSA) is 37.3 Å². The second-order valence-electron chi connectivity index (χ2n) is 7.20. The normalized spacial score (nSPS) is 15.3. The minimum atomic E-state index is -0.714. The standard InChI is InChI=1S/C16H30O2/c1-12(2)9-8-10-13(3)15(4,5)11-16(6,7)14(17)18/h8,10,12-13H,9,11H2,1-7H3,(H,17,18)/b10-8-. The van der Waals surface area contributed by atoms with E-state index in [1.165, 1.54) is 0 Å². The highest BCUT2D eigenvalue weighted by atomic mass is 16.4. The molecule has 18 heavy (non-hydrogen) atoms. The molecule has 0 aromatic carbocycles. The number of carbonyl (C=O) groups is 1. The highest BCUT2D eigenvalue weighted by Gasteiger charge is 2.36. The number of carboxylic acid groups (broad SMARTS) is 1. The number of carboxylic acids is 1. The maximum atomic E-state index is 11.2. The van der Waals surface area contributed by atoms with Gasteiger partial charge >= 0.3 is 5.97 Å². The lowest BCUT2D eigenvalue weighted by Crippen LogP contribution is -2.33. The van der Waals surface area contributed by atoms with Crippen LogP contribution in [0.5, 0.6) is 0 Å². The molecule has 0 bridgehead atoms. The molecule has 0 aliphatic carbocycles. The maximum Gasteiger partial charge on any atom is 0.309 e. The third kappa shape index (κ3) is 5.70. The van der Waals surface area contributed by atoms with E-state index in [9.17, 15) is 9.90 Å². The van der Waals surface area contributed by atoms with Crippen LogP contribution >= 0.6 is 0 Å². The van der Waals surface area contributed by atoms with Crippen LogP contribution in [0.15, 0.2) is 12.2 Å². The third-order valence-electron chi connectivity index (χ3n) is 3.74. The van der Waals surface area contributed by atoms with Gasteiger partial charge in [0, 0.05) is 0 Å². The fraction of sp³-hybridized carbons (Fsp3) is 0.812. The first-order valence-electron chi connectivity index (χ1n) is 6.89. The molecule has 0 spiro atoms. The van der Waals surface area contributed by atoms with Crippen LogP contribution in [0, 0.1) is 22.7 Å². The van der Waals surface area contributed by atoms with Crippen LogP contribution in [0.2, 0.25) is 0 Å². The van der Waals surface area contributed by atoms with Crippen molar-refractivity contribution >= 4 is 5.97 Å². The molecule has 0 aliphatic heterocycles. The first kappa shape index (κ1) is 17.2. The first-order valence-corrected chi connectivity index (χ1v) is 6.89. The van der Waals surface area contributed by atoms with Crippen molar-refractivity contribution in [3.05, 3.63) is 12.2 Å². The number of rotatable bonds is 7. The number of hydrogen-bond acceptors (Lipinski definition) is 1. The summed E-state index contributed by atoms with van der Waals surface area (Å²) in [5, 5.41) is 9.22. The van der Waals surface area contributed by atoms with Crippen LogP contribution < -0.4 is 0 Å². The predicted octanol–water partition coefficient (Wildman–Crippen LogP) is 4.75. The summed E-state index contributed by atoms with van der Waals surface area (Å²) in [5.74, 6) is 0.343. The van der Waals surface area contributed by atoms with Gasteiger partial charge in [-0.05, 0) is 43.9 Å². The summed E-state index contributed by atoms with van der Waals surface area (Å²) in [6.07, 6.45) is 6.23. The van der Waals surface area contributed by atoms with E-state index >= 15 is 0 Å². The molecule has 0 saturated heterocycles. The quantitative estimate of drug-likeness (QED) is 0.665. The molecule has 0 aromatic rings. The molecule has 0 aliphatic rings. The average Bonchev–Trinajstić information content (AvgIpc) is 2.14. The Morgan fingerprint density at radius 2 is 1.67 bits per heavy atom.